The van der Waals surface area contributed by atoms with Gasteiger partial charge in [-0.05, 0) is 104 Å². The fraction of sp³-hybridized carbons (Fsp3) is 0.957. The fourth-order valence-electron chi connectivity index (χ4n) is 19.0. The number of rotatable bonds is 26. The van der Waals surface area contributed by atoms with Gasteiger partial charge in [0.05, 0.1) is 58.3 Å². The van der Waals surface area contributed by atoms with E-state index in [0.29, 0.717) is 42.9 Å². The van der Waals surface area contributed by atoms with Crippen LogP contribution >= 0.6 is 0 Å². The van der Waals surface area contributed by atoms with Gasteiger partial charge in [-0.25, -0.2) is 0 Å². The molecule has 0 bridgehead atoms. The molecule has 7 heterocycles. The highest BCUT2D eigenvalue weighted by Gasteiger charge is 2.62. The van der Waals surface area contributed by atoms with E-state index in [9.17, 15) is 122 Å². The molecule has 0 aromatic heterocycles. The topological polar surface area (TPSA) is 612 Å². The quantitative estimate of drug-likeness (QED) is 0.0282. The van der Waals surface area contributed by atoms with Gasteiger partial charge in [0.2, 0.25) is 6.29 Å². The van der Waals surface area contributed by atoms with Gasteiger partial charge in [-0.3, -0.25) is 4.79 Å². The number of hydrogen-bond acceptors (Lipinski definition) is 38. The molecule has 0 aromatic carbocycles. The SMILES string of the molecule is C[C@H](CC[C@@H](C)[C@@H]1CC[C@H]2[C@@H]3CC=C4C[C@H](O[C@H]5O[C@@H](CO)[C@H](O)C(O)[C@H]5O)CC[C@@]4(C)[C@H]3CC[C@@]21C)[C@H](C)C(=O)O[C@H]1O[C@@H](CO[C@H]2O[C@@H](CO)[C@H](O[C@H]3O[C@@H](CO)[C@H](O)[C@H](O)[C@H]3O)[C@H](O)[C@H]2O)[C@H](O)[C@H](O)[C@H]1O[C@H]1O[C@@H](CO)[C@H](O[C@H]2O[C@@H](CO)[C@H](O[C@H]3O[C@@H](CO)[C@H](O)[C@H](O)[C@H]3O)[C@H](O)[C@H]2O)[C@H](O)[C@H]1O. The van der Waals surface area contributed by atoms with Crippen LogP contribution in [0, 0.1) is 52.3 Å². The summed E-state index contributed by atoms with van der Waals surface area (Å²) in [5, 5.41) is 247. The summed E-state index contributed by atoms with van der Waals surface area (Å²) in [7, 11) is 0. The Kier molecular flexibility index (Phi) is 29.0. The maximum atomic E-state index is 14.6. The largest absolute Gasteiger partial charge is 0.432 e. The van der Waals surface area contributed by atoms with Gasteiger partial charge in [-0.2, -0.15) is 0 Å². The third kappa shape index (κ3) is 17.0. The van der Waals surface area contributed by atoms with Crippen LogP contribution in [0.2, 0.25) is 0 Å². The van der Waals surface area contributed by atoms with Gasteiger partial charge in [0.1, 0.15) is 165 Å². The Labute approximate surface area is 622 Å². The molecule has 45 atom stereocenters. The Bertz CT molecular complexity index is 2880. The maximum absolute atomic E-state index is 14.6. The molecule has 7 aliphatic heterocycles. The minimum atomic E-state index is -2.27. The third-order valence-electron chi connectivity index (χ3n) is 25.9. The summed E-state index contributed by atoms with van der Waals surface area (Å²) in [6.07, 6.45) is -53.8. The molecule has 38 heteroatoms. The number of esters is 1. The van der Waals surface area contributed by atoms with Crippen molar-refractivity contribution in [2.24, 2.45) is 52.3 Å². The van der Waals surface area contributed by atoms with Gasteiger partial charge < -0.3 is 184 Å². The lowest BCUT2D eigenvalue weighted by Gasteiger charge is -2.58. The number of allylic oxidation sites excluding steroid dienone is 1. The summed E-state index contributed by atoms with van der Waals surface area (Å²) in [6, 6.07) is 0. The predicted molar refractivity (Wildman–Crippen MR) is 354 cm³/mol. The number of hydrogen-bond donors (Lipinski definition) is 23. The van der Waals surface area contributed by atoms with E-state index in [2.05, 4.69) is 26.8 Å². The summed E-state index contributed by atoms with van der Waals surface area (Å²) in [6.45, 7) is 4.39. The Morgan fingerprint density at radius 2 is 0.806 bits per heavy atom. The van der Waals surface area contributed by atoms with Crippen LogP contribution in [-0.2, 0) is 71.1 Å². The minimum Gasteiger partial charge on any atom is -0.432 e. The second-order valence-electron chi connectivity index (χ2n) is 32.2. The van der Waals surface area contributed by atoms with Crippen molar-refractivity contribution in [3.63, 3.8) is 0 Å². The highest BCUT2D eigenvalue weighted by Crippen LogP contribution is 2.68. The van der Waals surface area contributed by atoms with Gasteiger partial charge in [-0.1, -0.05) is 52.7 Å². The molecular weight excluding hydrogens is 1450 g/mol. The van der Waals surface area contributed by atoms with Crippen LogP contribution in [0.25, 0.3) is 0 Å². The summed E-state index contributed by atoms with van der Waals surface area (Å²) in [5.74, 6) is -0.273. The molecule has 23 N–H and O–H groups in total. The molecule has 0 spiro atoms. The van der Waals surface area contributed by atoms with E-state index in [1.807, 2.05) is 6.92 Å². The zero-order valence-corrected chi connectivity index (χ0v) is 60.8. The predicted octanol–water partition coefficient (Wildman–Crippen LogP) is -9.10. The first kappa shape index (κ1) is 86.6. The lowest BCUT2D eigenvalue weighted by Crippen LogP contribution is -2.67. The smallest absolute Gasteiger partial charge is 0.311 e. The Hall–Kier alpha value is -2.23. The van der Waals surface area contributed by atoms with Crippen molar-refractivity contribution in [1.29, 1.82) is 0 Å². The van der Waals surface area contributed by atoms with Crippen LogP contribution in [0.5, 0.6) is 0 Å². The minimum absolute atomic E-state index is 0.0234. The van der Waals surface area contributed by atoms with E-state index in [-0.39, 0.29) is 28.8 Å². The first-order chi connectivity index (χ1) is 51.2. The van der Waals surface area contributed by atoms with E-state index in [1.54, 1.807) is 6.92 Å². The third-order valence-corrected chi connectivity index (χ3v) is 25.9. The van der Waals surface area contributed by atoms with E-state index >= 15 is 0 Å². The molecule has 11 aliphatic rings. The molecule has 0 aromatic rings. The highest BCUT2D eigenvalue weighted by molar-refractivity contribution is 5.72. The monoisotopic (exact) mass is 1560 g/mol. The molecule has 1 unspecified atom stereocenters. The van der Waals surface area contributed by atoms with Gasteiger partial charge in [0.25, 0.3) is 0 Å². The van der Waals surface area contributed by atoms with Crippen LogP contribution in [0.4, 0.5) is 0 Å². The van der Waals surface area contributed by atoms with Crippen LogP contribution in [-0.4, -0.2) is 391 Å². The molecule has 0 radical (unpaired) electrons. The molecular formula is C70H116O38. The van der Waals surface area contributed by atoms with Crippen molar-refractivity contribution < 1.29 is 189 Å². The number of carbonyl (C=O) groups excluding carboxylic acids is 1. The maximum Gasteiger partial charge on any atom is 0.311 e. The first-order valence-electron chi connectivity index (χ1n) is 37.8. The molecule has 624 valence electrons. The lowest BCUT2D eigenvalue weighted by molar-refractivity contribution is -0.391. The van der Waals surface area contributed by atoms with Crippen LogP contribution in [0.15, 0.2) is 11.6 Å². The molecule has 38 nitrogen and oxygen atoms in total. The summed E-state index contributed by atoms with van der Waals surface area (Å²) in [5.41, 5.74) is 1.25. The molecule has 7 saturated heterocycles. The first-order valence-corrected chi connectivity index (χ1v) is 37.8. The second kappa shape index (κ2) is 36.1. The molecule has 10 fully saturated rings. The van der Waals surface area contributed by atoms with Gasteiger partial charge >= 0.3 is 5.97 Å². The van der Waals surface area contributed by atoms with Crippen molar-refractivity contribution in [2.75, 3.05) is 46.2 Å². The van der Waals surface area contributed by atoms with Crippen molar-refractivity contribution in [3.8, 4) is 0 Å². The van der Waals surface area contributed by atoms with Gasteiger partial charge in [0.15, 0.2) is 43.8 Å². The highest BCUT2D eigenvalue weighted by atomic mass is 16.8. The number of aliphatic hydroxyl groups is 23. The van der Waals surface area contributed by atoms with E-state index < -0.39 is 273 Å². The van der Waals surface area contributed by atoms with Gasteiger partial charge in [-0.15, -0.1) is 0 Å². The zero-order valence-electron chi connectivity index (χ0n) is 60.8. The summed E-state index contributed by atoms with van der Waals surface area (Å²) >= 11 is 0. The normalized spacial score (nSPS) is 51.6. The van der Waals surface area contributed by atoms with Crippen LogP contribution in [0.1, 0.15) is 98.8 Å². The average Bonchev–Trinajstić information content (AvgIpc) is 1.42. The Balaban J connectivity index is 0.745. The summed E-state index contributed by atoms with van der Waals surface area (Å²) in [4.78, 5) is 14.6. The number of aliphatic hydroxyl groups excluding tert-OH is 23. The molecule has 0 amide bonds. The van der Waals surface area contributed by atoms with Crippen LogP contribution in [0.3, 0.4) is 0 Å². The van der Waals surface area contributed by atoms with Crippen molar-refractivity contribution in [1.82, 2.24) is 0 Å². The standard InChI is InChI=1S/C70H116O38/c1-24(6-7-25(2)30-10-11-31-29-9-8-27-16-28(12-14-69(27,4)32(29)13-15-70(30,31)5)96-63-51(88)44(81)40(77)33(17-71)97-63)26(3)61(94)108-68-60(47(84)43(80)39(103-68)23-95-62-54(91)48(85)57(36(20-74)100-62)104-64-52(89)45(82)41(78)34(18-72)98-64)107-67-56(93)50(87)59(38(22-76)102-67)106-66-55(92)49(86)58(37(21-75)101-66)105-65-53(90)46(83)42(79)35(19-73)99-65/h8,24-26,28-60,62-68,71-93H,6-7,9-23H2,1-5H3/t24-,25-,26+,28-,29+,30+,31+,32+,33+,34+,35+,36+,37+,38+,39+,40+,41+,42+,43+,44?,45+,46+,47+,48-,49-,50-,51-,52-,53-,54-,55-,56-,57+,58+,59+,60-,62+,63+,64-,65-,66-,67-,68-,69-,70-/m1/s1. The van der Waals surface area contributed by atoms with Crippen LogP contribution < -0.4 is 0 Å². The molecule has 3 saturated carbocycles. The number of carbonyl (C=O) groups is 1. The Morgan fingerprint density at radius 1 is 0.417 bits per heavy atom. The van der Waals surface area contributed by atoms with Crippen molar-refractivity contribution in [3.05, 3.63) is 11.6 Å². The molecule has 108 heavy (non-hydrogen) atoms. The van der Waals surface area contributed by atoms with Crippen molar-refractivity contribution >= 4 is 5.97 Å². The number of fused-ring (bicyclic) bond motifs is 5. The number of ether oxygens (including phenoxy) is 14. The fourth-order valence-corrected chi connectivity index (χ4v) is 19.0. The molecule has 4 aliphatic carbocycles. The molecule has 11 rings (SSSR count). The van der Waals surface area contributed by atoms with E-state index in [0.717, 1.165) is 44.9 Å². The van der Waals surface area contributed by atoms with E-state index in [1.165, 1.54) is 5.57 Å². The lowest BCUT2D eigenvalue weighted by atomic mass is 9.47. The second-order valence-corrected chi connectivity index (χ2v) is 32.2. The van der Waals surface area contributed by atoms with E-state index in [4.69, 9.17) is 66.3 Å². The van der Waals surface area contributed by atoms with Crippen molar-refractivity contribution in [2.45, 2.75) is 320 Å². The zero-order chi connectivity index (χ0) is 78.6. The summed E-state index contributed by atoms with van der Waals surface area (Å²) < 4.78 is 81.2. The van der Waals surface area contributed by atoms with Gasteiger partial charge in [0, 0.05) is 0 Å². The Morgan fingerprint density at radius 3 is 1.27 bits per heavy atom. The average molecular weight is 1570 g/mol.